The summed E-state index contributed by atoms with van der Waals surface area (Å²) < 4.78 is 0. The predicted molar refractivity (Wildman–Crippen MR) is 96.8 cm³/mol. The molecule has 2 rings (SSSR count). The van der Waals surface area contributed by atoms with Crippen molar-refractivity contribution in [1.29, 1.82) is 0 Å². The quantitative estimate of drug-likeness (QED) is 0.786. The summed E-state index contributed by atoms with van der Waals surface area (Å²) in [6.45, 7) is 14.2. The molecule has 0 fully saturated rings. The maximum absolute atomic E-state index is 10.2. The zero-order chi connectivity index (χ0) is 17.5. The molecule has 0 radical (unpaired) electrons. The lowest BCUT2D eigenvalue weighted by molar-refractivity contribution is 0.465. The highest BCUT2D eigenvalue weighted by Crippen LogP contribution is 2.40. The van der Waals surface area contributed by atoms with Crippen molar-refractivity contribution in [2.75, 3.05) is 0 Å². The van der Waals surface area contributed by atoms with E-state index in [0.29, 0.717) is 11.5 Å². The number of rotatable bonds is 3. The van der Waals surface area contributed by atoms with E-state index in [1.165, 1.54) is 11.1 Å². The van der Waals surface area contributed by atoms with Gasteiger partial charge in [0.05, 0.1) is 0 Å². The first-order valence-corrected chi connectivity index (χ1v) is 8.29. The van der Waals surface area contributed by atoms with E-state index in [1.54, 1.807) is 0 Å². The van der Waals surface area contributed by atoms with Crippen LogP contribution in [0, 0.1) is 41.5 Å². The van der Waals surface area contributed by atoms with E-state index in [-0.39, 0.29) is 5.92 Å². The van der Waals surface area contributed by atoms with Gasteiger partial charge in [0.1, 0.15) is 11.5 Å². The van der Waals surface area contributed by atoms with Crippen LogP contribution in [0.3, 0.4) is 0 Å². The van der Waals surface area contributed by atoms with Crippen LogP contribution in [0.2, 0.25) is 0 Å². The molecule has 0 unspecified atom stereocenters. The molecule has 0 aliphatic heterocycles. The van der Waals surface area contributed by atoms with Crippen LogP contribution in [-0.2, 0) is 0 Å². The molecule has 23 heavy (non-hydrogen) atoms. The Morgan fingerprint density at radius 3 is 1.35 bits per heavy atom. The summed E-state index contributed by atoms with van der Waals surface area (Å²) in [7, 11) is 0. The van der Waals surface area contributed by atoms with Crippen LogP contribution in [0.25, 0.3) is 0 Å². The summed E-state index contributed by atoms with van der Waals surface area (Å²) in [5, 5.41) is 20.4. The van der Waals surface area contributed by atoms with Crippen LogP contribution in [0.5, 0.6) is 11.5 Å². The molecule has 2 heteroatoms. The Morgan fingerprint density at radius 2 is 1.04 bits per heavy atom. The second kappa shape index (κ2) is 6.27. The highest BCUT2D eigenvalue weighted by molar-refractivity contribution is 5.55. The van der Waals surface area contributed by atoms with Crippen LogP contribution in [0.15, 0.2) is 12.1 Å². The Balaban J connectivity index is 2.72. The van der Waals surface area contributed by atoms with Crippen molar-refractivity contribution >= 4 is 0 Å². The Hall–Kier alpha value is -1.96. The lowest BCUT2D eigenvalue weighted by atomic mass is 9.80. The molecule has 0 saturated carbocycles. The van der Waals surface area contributed by atoms with E-state index < -0.39 is 0 Å². The Kier molecular flexibility index (Phi) is 4.74. The number of hydrogen-bond acceptors (Lipinski definition) is 2. The minimum atomic E-state index is 0.269. The van der Waals surface area contributed by atoms with Crippen molar-refractivity contribution in [1.82, 2.24) is 0 Å². The zero-order valence-corrected chi connectivity index (χ0v) is 15.3. The molecular formula is C21H28O2. The Bertz CT molecular complexity index is 694. The molecule has 2 nitrogen and oxygen atoms in total. The molecule has 0 aliphatic carbocycles. The normalized spacial score (nSPS) is 11.3. The average Bonchev–Trinajstić information content (AvgIpc) is 2.53. The molecule has 0 spiro atoms. The first-order valence-electron chi connectivity index (χ1n) is 8.29. The molecule has 2 aromatic rings. The number of benzene rings is 2. The molecule has 0 heterocycles. The van der Waals surface area contributed by atoms with Crippen LogP contribution < -0.4 is 0 Å². The highest BCUT2D eigenvalue weighted by Gasteiger charge is 2.22. The van der Waals surface area contributed by atoms with Crippen molar-refractivity contribution in [3.05, 3.63) is 56.6 Å². The fourth-order valence-corrected chi connectivity index (χ4v) is 3.53. The molecule has 0 bridgehead atoms. The van der Waals surface area contributed by atoms with E-state index in [2.05, 4.69) is 32.9 Å². The van der Waals surface area contributed by atoms with Crippen LogP contribution in [-0.4, -0.2) is 10.2 Å². The third-order valence-electron chi connectivity index (χ3n) is 5.35. The van der Waals surface area contributed by atoms with Gasteiger partial charge in [-0.25, -0.2) is 0 Å². The standard InChI is InChI=1S/C21H28O2/c1-8-17(18-9-11(2)20(22)15(6)13(18)4)19-10-12(3)21(23)16(7)14(19)5/h9-10,17,22-23H,8H2,1-7H3. The highest BCUT2D eigenvalue weighted by atomic mass is 16.3. The Morgan fingerprint density at radius 1 is 0.696 bits per heavy atom. The van der Waals surface area contributed by atoms with Gasteiger partial charge in [-0.05, 0) is 92.5 Å². The van der Waals surface area contributed by atoms with Crippen molar-refractivity contribution in [2.24, 2.45) is 0 Å². The molecule has 124 valence electrons. The lowest BCUT2D eigenvalue weighted by Gasteiger charge is -2.25. The molecule has 0 amide bonds. The van der Waals surface area contributed by atoms with E-state index in [9.17, 15) is 10.2 Å². The van der Waals surface area contributed by atoms with Crippen LogP contribution in [0.1, 0.15) is 63.8 Å². The van der Waals surface area contributed by atoms with Gasteiger partial charge in [-0.2, -0.15) is 0 Å². The fraction of sp³-hybridized carbons (Fsp3) is 0.429. The minimum absolute atomic E-state index is 0.269. The van der Waals surface area contributed by atoms with E-state index in [4.69, 9.17) is 0 Å². The van der Waals surface area contributed by atoms with E-state index >= 15 is 0 Å². The van der Waals surface area contributed by atoms with Crippen molar-refractivity contribution in [2.45, 2.75) is 60.8 Å². The van der Waals surface area contributed by atoms with Gasteiger partial charge in [0, 0.05) is 5.92 Å². The molecule has 0 saturated heterocycles. The van der Waals surface area contributed by atoms with Crippen molar-refractivity contribution < 1.29 is 10.2 Å². The summed E-state index contributed by atoms with van der Waals surface area (Å²) >= 11 is 0. The minimum Gasteiger partial charge on any atom is -0.507 e. The summed E-state index contributed by atoms with van der Waals surface area (Å²) in [6.07, 6.45) is 0.981. The van der Waals surface area contributed by atoms with Gasteiger partial charge in [0.25, 0.3) is 0 Å². The predicted octanol–water partition coefficient (Wildman–Crippen LogP) is 5.49. The second-order valence-corrected chi connectivity index (χ2v) is 6.72. The molecule has 2 aromatic carbocycles. The molecule has 0 aliphatic rings. The third-order valence-corrected chi connectivity index (χ3v) is 5.35. The topological polar surface area (TPSA) is 40.5 Å². The number of phenols is 2. The van der Waals surface area contributed by atoms with Gasteiger partial charge in [0.15, 0.2) is 0 Å². The number of aryl methyl sites for hydroxylation is 2. The maximum Gasteiger partial charge on any atom is 0.121 e. The van der Waals surface area contributed by atoms with Gasteiger partial charge in [-0.15, -0.1) is 0 Å². The third kappa shape index (κ3) is 2.83. The molecule has 2 N–H and O–H groups in total. The van der Waals surface area contributed by atoms with E-state index in [0.717, 1.165) is 39.8 Å². The molecule has 0 aromatic heterocycles. The zero-order valence-electron chi connectivity index (χ0n) is 15.3. The number of phenolic OH excluding ortho intramolecular Hbond substituents is 2. The summed E-state index contributed by atoms with van der Waals surface area (Å²) in [4.78, 5) is 0. The van der Waals surface area contributed by atoms with Gasteiger partial charge >= 0.3 is 0 Å². The SMILES string of the molecule is CCC(c1cc(C)c(O)c(C)c1C)c1cc(C)c(O)c(C)c1C. The van der Waals surface area contributed by atoms with Gasteiger partial charge in [-0.1, -0.05) is 19.1 Å². The van der Waals surface area contributed by atoms with Gasteiger partial charge in [-0.3, -0.25) is 0 Å². The maximum atomic E-state index is 10.2. The van der Waals surface area contributed by atoms with Gasteiger partial charge in [0.2, 0.25) is 0 Å². The Labute approximate surface area is 139 Å². The largest absolute Gasteiger partial charge is 0.507 e. The van der Waals surface area contributed by atoms with Crippen molar-refractivity contribution in [3.63, 3.8) is 0 Å². The second-order valence-electron chi connectivity index (χ2n) is 6.72. The molecule has 0 atom stereocenters. The lowest BCUT2D eigenvalue weighted by Crippen LogP contribution is -2.08. The van der Waals surface area contributed by atoms with E-state index in [1.807, 2.05) is 27.7 Å². The molecular weight excluding hydrogens is 284 g/mol. The number of aromatic hydroxyl groups is 2. The number of hydrogen-bond donors (Lipinski definition) is 2. The van der Waals surface area contributed by atoms with Gasteiger partial charge < -0.3 is 10.2 Å². The smallest absolute Gasteiger partial charge is 0.121 e. The van der Waals surface area contributed by atoms with Crippen LogP contribution >= 0.6 is 0 Å². The summed E-state index contributed by atoms with van der Waals surface area (Å²) in [6, 6.07) is 4.23. The first-order chi connectivity index (χ1) is 10.7. The first kappa shape index (κ1) is 17.4. The fourth-order valence-electron chi connectivity index (χ4n) is 3.53. The van der Waals surface area contributed by atoms with Crippen molar-refractivity contribution in [3.8, 4) is 11.5 Å². The average molecular weight is 312 g/mol. The summed E-state index contributed by atoms with van der Waals surface area (Å²) in [5.41, 5.74) is 8.62. The summed E-state index contributed by atoms with van der Waals surface area (Å²) in [5.74, 6) is 1.07. The monoisotopic (exact) mass is 312 g/mol. The van der Waals surface area contributed by atoms with Crippen LogP contribution in [0.4, 0.5) is 0 Å².